The largest absolute Gasteiger partial charge is 0.411 e. The Morgan fingerprint density at radius 3 is 2.24 bits per heavy atom. The number of aromatic nitrogens is 4. The number of allylic oxidation sites excluding steroid dienone is 1. The zero-order chi connectivity index (χ0) is 31.2. The number of nitrogens with one attached hydrogen (secondary N) is 1. The number of anilines is 1. The number of carbonyl (C=O) groups excluding carboxylic acids is 2. The Balaban J connectivity index is 1.09. The molecule has 0 aliphatic heterocycles. The van der Waals surface area contributed by atoms with Gasteiger partial charge in [-0.05, 0) is 84.4 Å². The molecule has 0 aliphatic carbocycles. The third kappa shape index (κ3) is 7.28. The number of amides is 1. The topological polar surface area (TPSA) is 103 Å². The molecule has 1 amide bonds. The van der Waals surface area contributed by atoms with E-state index >= 15 is 0 Å². The SMILES string of the molecule is O=C(CSc1nnc(-c2cn(-c3ccccc3)nc2-c2ccc(F)cc2)o1)Nc1ccc(C(=O)/C=C/c2ccc(F)cc2)cc1. The summed E-state index contributed by atoms with van der Waals surface area (Å²) >= 11 is 1.07. The van der Waals surface area contributed by atoms with E-state index in [1.807, 2.05) is 30.3 Å². The minimum atomic E-state index is -0.363. The van der Waals surface area contributed by atoms with Crippen molar-refractivity contribution < 1.29 is 22.8 Å². The van der Waals surface area contributed by atoms with Crippen molar-refractivity contribution in [1.82, 2.24) is 20.0 Å². The molecule has 11 heteroatoms. The van der Waals surface area contributed by atoms with Gasteiger partial charge in [-0.3, -0.25) is 9.59 Å². The summed E-state index contributed by atoms with van der Waals surface area (Å²) in [5.41, 5.74) is 4.23. The first-order valence-electron chi connectivity index (χ1n) is 13.7. The van der Waals surface area contributed by atoms with Gasteiger partial charge >= 0.3 is 0 Å². The summed E-state index contributed by atoms with van der Waals surface area (Å²) in [6.07, 6.45) is 4.78. The summed E-state index contributed by atoms with van der Waals surface area (Å²) in [5, 5.41) is 15.9. The maximum absolute atomic E-state index is 13.6. The molecule has 0 saturated carbocycles. The summed E-state index contributed by atoms with van der Waals surface area (Å²) in [6.45, 7) is 0. The van der Waals surface area contributed by atoms with E-state index < -0.39 is 0 Å². The molecule has 0 fully saturated rings. The fraction of sp³-hybridized carbons (Fsp3) is 0.0294. The second kappa shape index (κ2) is 13.3. The molecule has 0 aliphatic rings. The van der Waals surface area contributed by atoms with Gasteiger partial charge in [-0.25, -0.2) is 13.5 Å². The lowest BCUT2D eigenvalue weighted by molar-refractivity contribution is -0.113. The molecule has 6 aromatic rings. The van der Waals surface area contributed by atoms with E-state index in [9.17, 15) is 18.4 Å². The second-order valence-corrected chi connectivity index (χ2v) is 10.6. The van der Waals surface area contributed by atoms with Crippen LogP contribution in [0.2, 0.25) is 0 Å². The molecule has 4 aromatic carbocycles. The molecule has 0 radical (unpaired) electrons. The first kappa shape index (κ1) is 29.4. The Kier molecular flexibility index (Phi) is 8.70. The lowest BCUT2D eigenvalue weighted by atomic mass is 10.1. The molecular formula is C34H23F2N5O3S. The molecule has 1 N–H and O–H groups in total. The highest BCUT2D eigenvalue weighted by molar-refractivity contribution is 7.99. The fourth-order valence-electron chi connectivity index (χ4n) is 4.33. The minimum absolute atomic E-state index is 0.00316. The average molecular weight is 620 g/mol. The van der Waals surface area contributed by atoms with Gasteiger partial charge < -0.3 is 9.73 Å². The van der Waals surface area contributed by atoms with E-state index in [0.29, 0.717) is 33.6 Å². The Bertz CT molecular complexity index is 1970. The van der Waals surface area contributed by atoms with Crippen molar-refractivity contribution in [3.05, 3.63) is 138 Å². The Hall–Kier alpha value is -5.68. The molecule has 0 spiro atoms. The van der Waals surface area contributed by atoms with Gasteiger partial charge in [0.15, 0.2) is 5.78 Å². The maximum Gasteiger partial charge on any atom is 0.277 e. The van der Waals surface area contributed by atoms with Crippen LogP contribution in [-0.4, -0.2) is 37.4 Å². The van der Waals surface area contributed by atoms with Crippen LogP contribution in [0, 0.1) is 11.6 Å². The van der Waals surface area contributed by atoms with E-state index in [-0.39, 0.29) is 40.2 Å². The zero-order valence-corrected chi connectivity index (χ0v) is 24.2. The number of para-hydroxylation sites is 1. The Labute approximate surface area is 260 Å². The molecule has 2 heterocycles. The van der Waals surface area contributed by atoms with Gasteiger partial charge in [0.2, 0.25) is 5.91 Å². The number of rotatable bonds is 10. The predicted octanol–water partition coefficient (Wildman–Crippen LogP) is 7.49. The molecular weight excluding hydrogens is 596 g/mol. The fourth-order valence-corrected chi connectivity index (χ4v) is 4.89. The van der Waals surface area contributed by atoms with Crippen LogP contribution in [0.15, 0.2) is 125 Å². The summed E-state index contributed by atoms with van der Waals surface area (Å²) in [7, 11) is 0. The van der Waals surface area contributed by atoms with E-state index in [0.717, 1.165) is 17.4 Å². The maximum atomic E-state index is 13.6. The normalized spacial score (nSPS) is 11.2. The van der Waals surface area contributed by atoms with Crippen LogP contribution < -0.4 is 5.32 Å². The third-order valence-corrected chi connectivity index (χ3v) is 7.39. The van der Waals surface area contributed by atoms with Crippen molar-refractivity contribution in [3.63, 3.8) is 0 Å². The van der Waals surface area contributed by atoms with Gasteiger partial charge in [-0.1, -0.05) is 48.2 Å². The first-order valence-corrected chi connectivity index (χ1v) is 14.7. The van der Waals surface area contributed by atoms with Gasteiger partial charge in [0.1, 0.15) is 17.3 Å². The highest BCUT2D eigenvalue weighted by atomic mass is 32.2. The predicted molar refractivity (Wildman–Crippen MR) is 168 cm³/mol. The summed E-state index contributed by atoms with van der Waals surface area (Å²) in [4.78, 5) is 25.1. The van der Waals surface area contributed by atoms with Crippen molar-refractivity contribution >= 4 is 35.2 Å². The van der Waals surface area contributed by atoms with E-state index in [2.05, 4.69) is 20.6 Å². The summed E-state index contributed by atoms with van der Waals surface area (Å²) in [6, 6.07) is 27.7. The van der Waals surface area contributed by atoms with Crippen molar-refractivity contribution in [2.45, 2.75) is 5.22 Å². The number of ketones is 1. The van der Waals surface area contributed by atoms with Crippen molar-refractivity contribution in [3.8, 4) is 28.4 Å². The lowest BCUT2D eigenvalue weighted by Crippen LogP contribution is -2.14. The van der Waals surface area contributed by atoms with Crippen LogP contribution in [-0.2, 0) is 4.79 Å². The standard InChI is InChI=1S/C34H23F2N5O3S/c35-25-13-6-22(7-14-25)8-19-30(42)23-11-17-27(18-12-23)37-31(43)21-45-34-39-38-33(44-34)29-20-41(28-4-2-1-3-5-28)40-32(29)24-9-15-26(36)16-10-24/h1-20H,21H2,(H,37,43)/b19-8+. The van der Waals surface area contributed by atoms with Crippen molar-refractivity contribution in [2.75, 3.05) is 11.1 Å². The molecule has 0 unspecified atom stereocenters. The molecule has 6 rings (SSSR count). The van der Waals surface area contributed by atoms with Crippen molar-refractivity contribution in [1.29, 1.82) is 0 Å². The van der Waals surface area contributed by atoms with E-state index in [4.69, 9.17) is 4.42 Å². The van der Waals surface area contributed by atoms with Crippen LogP contribution in [0.3, 0.4) is 0 Å². The lowest BCUT2D eigenvalue weighted by Gasteiger charge is -2.05. The van der Waals surface area contributed by atoms with Crippen LogP contribution in [0.25, 0.3) is 34.5 Å². The van der Waals surface area contributed by atoms with Gasteiger partial charge in [0.25, 0.3) is 11.1 Å². The molecule has 2 aromatic heterocycles. The van der Waals surface area contributed by atoms with Gasteiger partial charge in [0.05, 0.1) is 17.0 Å². The Morgan fingerprint density at radius 2 is 1.53 bits per heavy atom. The molecule has 0 saturated heterocycles. The summed E-state index contributed by atoms with van der Waals surface area (Å²) < 4.78 is 34.2. The van der Waals surface area contributed by atoms with Gasteiger partial charge in [-0.15, -0.1) is 10.2 Å². The Morgan fingerprint density at radius 1 is 0.844 bits per heavy atom. The van der Waals surface area contributed by atoms with Crippen LogP contribution in [0.4, 0.5) is 14.5 Å². The number of nitrogens with zero attached hydrogens (tertiary/aromatic N) is 4. The zero-order valence-electron chi connectivity index (χ0n) is 23.4. The van der Waals surface area contributed by atoms with Crippen LogP contribution in [0.1, 0.15) is 15.9 Å². The second-order valence-electron chi connectivity index (χ2n) is 9.71. The first-order chi connectivity index (χ1) is 21.9. The third-order valence-electron chi connectivity index (χ3n) is 6.57. The number of carbonyl (C=O) groups is 2. The number of benzene rings is 4. The minimum Gasteiger partial charge on any atom is -0.411 e. The van der Waals surface area contributed by atoms with E-state index in [1.165, 1.54) is 30.3 Å². The molecule has 8 nitrogen and oxygen atoms in total. The summed E-state index contributed by atoms with van der Waals surface area (Å²) in [5.74, 6) is -1.04. The van der Waals surface area contributed by atoms with Crippen LogP contribution >= 0.6 is 11.8 Å². The van der Waals surface area contributed by atoms with E-state index in [1.54, 1.807) is 65.5 Å². The molecule has 45 heavy (non-hydrogen) atoms. The molecule has 0 atom stereocenters. The number of hydrogen-bond acceptors (Lipinski definition) is 7. The smallest absolute Gasteiger partial charge is 0.277 e. The van der Waals surface area contributed by atoms with Gasteiger partial charge in [0, 0.05) is 23.0 Å². The number of halogens is 2. The highest BCUT2D eigenvalue weighted by Gasteiger charge is 2.20. The quantitative estimate of drug-likeness (QED) is 0.0963. The van der Waals surface area contributed by atoms with Crippen LogP contribution in [0.5, 0.6) is 0 Å². The molecule has 0 bridgehead atoms. The monoisotopic (exact) mass is 619 g/mol. The molecule has 222 valence electrons. The van der Waals surface area contributed by atoms with Gasteiger partial charge in [-0.2, -0.15) is 5.10 Å². The number of hydrogen-bond donors (Lipinski definition) is 1. The van der Waals surface area contributed by atoms with Crippen molar-refractivity contribution in [2.24, 2.45) is 0 Å². The highest BCUT2D eigenvalue weighted by Crippen LogP contribution is 2.33. The average Bonchev–Trinajstić information content (AvgIpc) is 3.72. The number of thioether (sulfide) groups is 1.